The largest absolute Gasteiger partial charge is 0.508 e. The van der Waals surface area contributed by atoms with Crippen LogP contribution in [0.4, 0.5) is 0 Å². The monoisotopic (exact) mass is 797 g/mol. The van der Waals surface area contributed by atoms with E-state index in [0.29, 0.717) is 0 Å². The van der Waals surface area contributed by atoms with E-state index in [1.54, 1.807) is 0 Å². The predicted octanol–water partition coefficient (Wildman–Crippen LogP) is -7.30. The number of aromatic hydroxyl groups is 1. The zero-order valence-electron chi connectivity index (χ0n) is 30.7. The molecule has 6 amide bonds. The molecule has 0 aromatic heterocycles. The molecule has 312 valence electrons. The van der Waals surface area contributed by atoms with Gasteiger partial charge in [-0.25, -0.2) is 0 Å². The van der Waals surface area contributed by atoms with Crippen molar-refractivity contribution >= 4 is 35.4 Å². The van der Waals surface area contributed by atoms with E-state index in [0.717, 1.165) is 35.8 Å². The molecule has 1 aromatic rings. The Morgan fingerprint density at radius 3 is 1.80 bits per heavy atom. The van der Waals surface area contributed by atoms with Crippen LogP contribution < -0.4 is 27.0 Å². The Balaban J connectivity index is 1.80. The highest BCUT2D eigenvalue weighted by molar-refractivity contribution is 5.98. The van der Waals surface area contributed by atoms with Crippen molar-refractivity contribution in [3.63, 3.8) is 0 Å². The minimum Gasteiger partial charge on any atom is -0.508 e. The molecule has 22 nitrogen and oxygen atoms in total. The number of phenolic OH excluding ortho intramolecular Hbond substituents is 1. The lowest BCUT2D eigenvalue weighted by Crippen LogP contribution is -2.64. The number of phenols is 1. The number of aliphatic hydroxyl groups excluding tert-OH is 8. The van der Waals surface area contributed by atoms with E-state index in [-0.39, 0.29) is 17.9 Å². The van der Waals surface area contributed by atoms with Crippen LogP contribution in [0.1, 0.15) is 45.3 Å². The third kappa shape index (κ3) is 9.70. The number of nitrogens with zero attached hydrogens (tertiary/aromatic N) is 2. The molecule has 0 unspecified atom stereocenters. The maximum Gasteiger partial charge on any atom is 0.248 e. The smallest absolute Gasteiger partial charge is 0.248 e. The Kier molecular flexibility index (Phi) is 14.3. The van der Waals surface area contributed by atoms with E-state index >= 15 is 0 Å². The van der Waals surface area contributed by atoms with Crippen molar-refractivity contribution < 1.29 is 74.7 Å². The Hall–Kier alpha value is -4.52. The second kappa shape index (κ2) is 18.2. The van der Waals surface area contributed by atoms with Gasteiger partial charge in [-0.15, -0.1) is 0 Å². The van der Waals surface area contributed by atoms with Crippen molar-refractivity contribution in [3.8, 4) is 5.75 Å². The normalized spacial score (nSPS) is 35.2. The third-order valence-corrected chi connectivity index (χ3v) is 10.2. The predicted molar refractivity (Wildman–Crippen MR) is 188 cm³/mol. The van der Waals surface area contributed by atoms with Gasteiger partial charge in [-0.3, -0.25) is 28.8 Å². The van der Waals surface area contributed by atoms with E-state index < -0.39 is 146 Å². The number of hydrogen-bond donors (Lipinski definition) is 14. The minimum absolute atomic E-state index is 0.0501. The van der Waals surface area contributed by atoms with Crippen LogP contribution in [-0.4, -0.2) is 183 Å². The second-order valence-electron chi connectivity index (χ2n) is 14.6. The van der Waals surface area contributed by atoms with E-state index in [1.165, 1.54) is 19.1 Å². The lowest BCUT2D eigenvalue weighted by Gasteiger charge is -2.34. The molecule has 15 N–H and O–H groups in total. The van der Waals surface area contributed by atoms with Crippen LogP contribution in [0, 0.1) is 5.92 Å². The molecule has 3 fully saturated rings. The molecular weight excluding hydrogens is 746 g/mol. The van der Waals surface area contributed by atoms with Gasteiger partial charge in [-0.1, -0.05) is 19.1 Å². The first-order chi connectivity index (χ1) is 26.1. The molecular formula is C34H51N7O15. The van der Waals surface area contributed by atoms with Gasteiger partial charge in [-0.05, 0) is 31.5 Å². The highest BCUT2D eigenvalue weighted by atomic mass is 16.3. The van der Waals surface area contributed by atoms with Crippen LogP contribution in [0.3, 0.4) is 0 Å². The van der Waals surface area contributed by atoms with Gasteiger partial charge in [0.05, 0.1) is 30.5 Å². The molecule has 0 saturated carbocycles. The van der Waals surface area contributed by atoms with Gasteiger partial charge in [0.25, 0.3) is 0 Å². The highest BCUT2D eigenvalue weighted by Crippen LogP contribution is 2.27. The lowest BCUT2D eigenvalue weighted by molar-refractivity contribution is -0.148. The number of amides is 6. The van der Waals surface area contributed by atoms with Crippen LogP contribution in [0.2, 0.25) is 0 Å². The maximum absolute atomic E-state index is 14.0. The van der Waals surface area contributed by atoms with Crippen molar-refractivity contribution in [2.45, 2.75) is 119 Å². The Morgan fingerprint density at radius 1 is 0.696 bits per heavy atom. The number of fused-ring (bicyclic) bond motifs is 2. The number of carbonyl (C=O) groups excluding carboxylic acids is 6. The number of rotatable bonds is 5. The molecule has 0 aliphatic carbocycles. The molecule has 0 radical (unpaired) electrons. The average molecular weight is 798 g/mol. The van der Waals surface area contributed by atoms with E-state index in [2.05, 4.69) is 16.0 Å². The van der Waals surface area contributed by atoms with Crippen molar-refractivity contribution in [3.05, 3.63) is 29.8 Å². The van der Waals surface area contributed by atoms with Crippen LogP contribution in [0.15, 0.2) is 24.3 Å². The fourth-order valence-electron chi connectivity index (χ4n) is 6.92. The molecule has 56 heavy (non-hydrogen) atoms. The van der Waals surface area contributed by atoms with E-state index in [4.69, 9.17) is 5.73 Å². The van der Waals surface area contributed by atoms with Crippen molar-refractivity contribution in [2.24, 2.45) is 11.7 Å². The molecule has 4 rings (SSSR count). The molecule has 3 heterocycles. The SMILES string of the molecule is C[C@@H](O)[C@@H]1NC(=O)[C@H]([C@H](O)[C@@H](O)c2ccc(O)cc2)NC(=O)[C@@H]2C[C@@H](O)CN2C(=O)[C@H]([C@@H](C)O)NC(=O)[C@@H](N)C[C@@H](O)[C@@H](O)NC(=O)[C@@H]2[C@@H](O)[C@@H](C)CN2C1=O. The molecule has 22 heteroatoms. The lowest BCUT2D eigenvalue weighted by atomic mass is 9.96. The van der Waals surface area contributed by atoms with Crippen molar-refractivity contribution in [2.75, 3.05) is 13.1 Å². The van der Waals surface area contributed by atoms with Gasteiger partial charge < -0.3 is 82.8 Å². The minimum atomic E-state index is -2.24. The Morgan fingerprint density at radius 2 is 1.23 bits per heavy atom. The first-order valence-electron chi connectivity index (χ1n) is 18.0. The number of hydrogen-bond acceptors (Lipinski definition) is 16. The molecule has 3 aliphatic heterocycles. The summed E-state index contributed by atoms with van der Waals surface area (Å²) in [6.07, 6.45) is -15.8. The Bertz CT molecular complexity index is 1620. The summed E-state index contributed by atoms with van der Waals surface area (Å²) in [5.74, 6) is -8.12. The van der Waals surface area contributed by atoms with Crippen LogP contribution in [0.25, 0.3) is 0 Å². The summed E-state index contributed by atoms with van der Waals surface area (Å²) in [7, 11) is 0. The number of aliphatic hydroxyl groups is 8. The zero-order chi connectivity index (χ0) is 41.9. The van der Waals surface area contributed by atoms with Crippen LogP contribution in [-0.2, 0) is 28.8 Å². The fourth-order valence-corrected chi connectivity index (χ4v) is 6.92. The van der Waals surface area contributed by atoms with Crippen molar-refractivity contribution in [1.82, 2.24) is 31.1 Å². The quantitative estimate of drug-likeness (QED) is 0.132. The van der Waals surface area contributed by atoms with Crippen LogP contribution >= 0.6 is 0 Å². The number of benzene rings is 1. The third-order valence-electron chi connectivity index (χ3n) is 10.2. The standard InChI is InChI=1S/C34H51N7O15/c1-12-10-41-24(25(12)47)32(54)39-30(52)20(46)9-18(35)28(50)36-21(13(2)42)33(55)40-11-17(45)8-19(40)29(51)38-23(31(53)37-22(14(3)43)34(41)56)27(49)26(48)15-4-6-16(44)7-5-15/h4-7,12-14,17-27,30,42-49,52H,8-11,35H2,1-3H3,(H,36,50)(H,37,53)(H,38,51)(H,39,54)/t12-,13+,14+,17+,18-,19-,20+,21-,22-,23-,24-,25-,26-,27-,30+/m0/s1. The average Bonchev–Trinajstić information content (AvgIpc) is 3.68. The summed E-state index contributed by atoms with van der Waals surface area (Å²) < 4.78 is 0. The zero-order valence-corrected chi connectivity index (χ0v) is 30.7. The first kappa shape index (κ1) is 44.2. The van der Waals surface area contributed by atoms with Crippen LogP contribution in [0.5, 0.6) is 5.75 Å². The topological polar surface area (TPSA) is 365 Å². The second-order valence-corrected chi connectivity index (χ2v) is 14.6. The molecule has 3 aliphatic rings. The Labute approximate surface area is 320 Å². The number of nitrogens with one attached hydrogen (secondary N) is 4. The maximum atomic E-state index is 14.0. The molecule has 0 spiro atoms. The van der Waals surface area contributed by atoms with Gasteiger partial charge in [-0.2, -0.15) is 0 Å². The summed E-state index contributed by atoms with van der Waals surface area (Å²) in [4.78, 5) is 83.9. The summed E-state index contributed by atoms with van der Waals surface area (Å²) in [5.41, 5.74) is 5.88. The van der Waals surface area contributed by atoms with Gasteiger partial charge >= 0.3 is 0 Å². The van der Waals surface area contributed by atoms with E-state index in [9.17, 15) is 74.7 Å². The van der Waals surface area contributed by atoms with Gasteiger partial charge in [0.2, 0.25) is 35.4 Å². The molecule has 1 aromatic carbocycles. The molecule has 0 bridgehead atoms. The first-order valence-corrected chi connectivity index (χ1v) is 18.0. The van der Waals surface area contributed by atoms with E-state index in [1.807, 2.05) is 5.32 Å². The summed E-state index contributed by atoms with van der Waals surface area (Å²) >= 11 is 0. The summed E-state index contributed by atoms with van der Waals surface area (Å²) in [6.45, 7) is 2.85. The highest BCUT2D eigenvalue weighted by Gasteiger charge is 2.50. The number of nitrogens with two attached hydrogens (primary N) is 1. The van der Waals surface area contributed by atoms with Gasteiger partial charge in [0.15, 0.2) is 6.23 Å². The molecule has 3 saturated heterocycles. The van der Waals surface area contributed by atoms with Gasteiger partial charge in [0.1, 0.15) is 54.3 Å². The number of carbonyl (C=O) groups is 6. The summed E-state index contributed by atoms with van der Waals surface area (Å²) in [5, 5.41) is 105. The fraction of sp³-hybridized carbons (Fsp3) is 0.647. The van der Waals surface area contributed by atoms with Gasteiger partial charge in [0, 0.05) is 31.8 Å². The van der Waals surface area contributed by atoms with Crippen molar-refractivity contribution in [1.29, 1.82) is 0 Å². The molecule has 15 atom stereocenters. The summed E-state index contributed by atoms with van der Waals surface area (Å²) in [6, 6.07) is -6.28.